The first-order valence-corrected chi connectivity index (χ1v) is 5.36. The number of carboxylic acids is 1. The lowest BCUT2D eigenvalue weighted by atomic mass is 10.0. The number of thiol groups is 1. The van der Waals surface area contributed by atoms with Crippen molar-refractivity contribution in [2.45, 2.75) is 50.0 Å². The maximum Gasteiger partial charge on any atom is 0.321 e. The van der Waals surface area contributed by atoms with Crippen molar-refractivity contribution in [3.05, 3.63) is 0 Å². The van der Waals surface area contributed by atoms with E-state index in [-0.39, 0.29) is 0 Å². The first-order chi connectivity index (χ1) is 6.50. The minimum atomic E-state index is -1.13. The van der Waals surface area contributed by atoms with E-state index in [4.69, 9.17) is 10.8 Å². The highest BCUT2D eigenvalue weighted by Crippen LogP contribution is 2.13. The van der Waals surface area contributed by atoms with Crippen molar-refractivity contribution in [1.82, 2.24) is 0 Å². The van der Waals surface area contributed by atoms with Gasteiger partial charge in [0.25, 0.3) is 0 Å². The molecule has 0 saturated carbocycles. The highest BCUT2D eigenvalue weighted by atomic mass is 32.1. The number of aliphatic hydroxyl groups is 1. The number of rotatable bonds is 7. The van der Waals surface area contributed by atoms with Crippen molar-refractivity contribution in [1.29, 1.82) is 0 Å². The second kappa shape index (κ2) is 7.09. The number of carbonyl (C=O) groups is 1. The summed E-state index contributed by atoms with van der Waals surface area (Å²) >= 11 is 4.01. The SMILES string of the molecule is CCCCCC(O)C(S)[C@H](N)C(=O)O. The topological polar surface area (TPSA) is 83.5 Å². The van der Waals surface area contributed by atoms with E-state index in [0.717, 1.165) is 19.3 Å². The summed E-state index contributed by atoms with van der Waals surface area (Å²) in [5.41, 5.74) is 5.33. The number of hydrogen-bond donors (Lipinski definition) is 4. The molecule has 5 heteroatoms. The van der Waals surface area contributed by atoms with E-state index in [1.165, 1.54) is 0 Å². The molecule has 84 valence electrons. The molecular formula is C9H19NO3S. The van der Waals surface area contributed by atoms with Crippen LogP contribution in [0.5, 0.6) is 0 Å². The van der Waals surface area contributed by atoms with Crippen molar-refractivity contribution in [3.63, 3.8) is 0 Å². The molecule has 0 saturated heterocycles. The van der Waals surface area contributed by atoms with Crippen LogP contribution in [0.1, 0.15) is 32.6 Å². The largest absolute Gasteiger partial charge is 0.480 e. The summed E-state index contributed by atoms with van der Waals surface area (Å²) in [7, 11) is 0. The zero-order valence-corrected chi connectivity index (χ0v) is 9.28. The quantitative estimate of drug-likeness (QED) is 0.375. The fraction of sp³-hybridized carbons (Fsp3) is 0.889. The highest BCUT2D eigenvalue weighted by Gasteiger charge is 2.26. The van der Waals surface area contributed by atoms with Crippen molar-refractivity contribution < 1.29 is 15.0 Å². The van der Waals surface area contributed by atoms with Gasteiger partial charge in [-0.05, 0) is 6.42 Å². The Bertz CT molecular complexity index is 177. The third kappa shape index (κ3) is 4.83. The average Bonchev–Trinajstić information content (AvgIpc) is 2.15. The fourth-order valence-corrected chi connectivity index (χ4v) is 1.44. The molecule has 3 atom stereocenters. The molecule has 0 radical (unpaired) electrons. The van der Waals surface area contributed by atoms with Crippen LogP contribution >= 0.6 is 12.6 Å². The van der Waals surface area contributed by atoms with E-state index in [0.29, 0.717) is 6.42 Å². The number of unbranched alkanes of at least 4 members (excludes halogenated alkanes) is 2. The Hall–Kier alpha value is -0.260. The van der Waals surface area contributed by atoms with Crippen molar-refractivity contribution in [2.24, 2.45) is 5.73 Å². The summed E-state index contributed by atoms with van der Waals surface area (Å²) in [6.07, 6.45) is 2.79. The third-order valence-electron chi connectivity index (χ3n) is 2.15. The molecule has 0 spiro atoms. The van der Waals surface area contributed by atoms with E-state index in [9.17, 15) is 9.90 Å². The summed E-state index contributed by atoms with van der Waals surface area (Å²) < 4.78 is 0. The lowest BCUT2D eigenvalue weighted by Crippen LogP contribution is -2.45. The Labute approximate surface area is 89.9 Å². The lowest BCUT2D eigenvalue weighted by Gasteiger charge is -2.21. The maximum absolute atomic E-state index is 10.5. The van der Waals surface area contributed by atoms with E-state index in [1.54, 1.807) is 0 Å². The van der Waals surface area contributed by atoms with Crippen molar-refractivity contribution >= 4 is 18.6 Å². The molecule has 0 aromatic heterocycles. The molecule has 4 N–H and O–H groups in total. The second-order valence-electron chi connectivity index (χ2n) is 3.42. The summed E-state index contributed by atoms with van der Waals surface area (Å²) in [5.74, 6) is -1.13. The van der Waals surface area contributed by atoms with Crippen LogP contribution in [-0.2, 0) is 4.79 Å². The monoisotopic (exact) mass is 221 g/mol. The predicted molar refractivity (Wildman–Crippen MR) is 58.5 cm³/mol. The first kappa shape index (κ1) is 13.7. The van der Waals surface area contributed by atoms with Gasteiger partial charge in [0.1, 0.15) is 6.04 Å². The van der Waals surface area contributed by atoms with Crippen LogP contribution in [0.4, 0.5) is 0 Å². The fourth-order valence-electron chi connectivity index (χ4n) is 1.16. The van der Waals surface area contributed by atoms with Crippen LogP contribution in [-0.4, -0.2) is 33.6 Å². The van der Waals surface area contributed by atoms with Crippen LogP contribution in [0.2, 0.25) is 0 Å². The predicted octanol–water partition coefficient (Wildman–Crippen LogP) is 0.638. The van der Waals surface area contributed by atoms with Crippen LogP contribution < -0.4 is 5.73 Å². The Balaban J connectivity index is 3.85. The van der Waals surface area contributed by atoms with Crippen LogP contribution in [0.3, 0.4) is 0 Å². The normalized spacial score (nSPS) is 17.4. The molecule has 0 aliphatic rings. The molecule has 0 heterocycles. The summed E-state index contributed by atoms with van der Waals surface area (Å²) in [6, 6.07) is -1.10. The van der Waals surface area contributed by atoms with Gasteiger partial charge in [0.15, 0.2) is 0 Å². The molecule has 4 nitrogen and oxygen atoms in total. The van der Waals surface area contributed by atoms with E-state index in [2.05, 4.69) is 19.6 Å². The van der Waals surface area contributed by atoms with Crippen molar-refractivity contribution in [2.75, 3.05) is 0 Å². The van der Waals surface area contributed by atoms with Gasteiger partial charge in [0, 0.05) is 0 Å². The molecule has 0 fully saturated rings. The molecule has 0 bridgehead atoms. The molecule has 0 aromatic rings. The standard InChI is InChI=1S/C9H19NO3S/c1-2-3-4-5-6(11)8(14)7(10)9(12)13/h6-8,11,14H,2-5,10H2,1H3,(H,12,13)/t6?,7-,8?/m0/s1. The molecule has 0 rings (SSSR count). The van der Waals surface area contributed by atoms with Gasteiger partial charge in [-0.3, -0.25) is 4.79 Å². The Morgan fingerprint density at radius 3 is 2.50 bits per heavy atom. The molecular weight excluding hydrogens is 202 g/mol. The first-order valence-electron chi connectivity index (χ1n) is 4.85. The van der Waals surface area contributed by atoms with Gasteiger partial charge >= 0.3 is 5.97 Å². The van der Waals surface area contributed by atoms with E-state index < -0.39 is 23.4 Å². The maximum atomic E-state index is 10.5. The van der Waals surface area contributed by atoms with Gasteiger partial charge in [-0.25, -0.2) is 0 Å². The van der Waals surface area contributed by atoms with Gasteiger partial charge in [-0.1, -0.05) is 26.2 Å². The smallest absolute Gasteiger partial charge is 0.321 e. The summed E-state index contributed by atoms with van der Waals surface area (Å²) in [4.78, 5) is 10.5. The van der Waals surface area contributed by atoms with Gasteiger partial charge in [0.2, 0.25) is 0 Å². The summed E-state index contributed by atoms with van der Waals surface area (Å²) in [6.45, 7) is 2.06. The lowest BCUT2D eigenvalue weighted by molar-refractivity contribution is -0.139. The van der Waals surface area contributed by atoms with Crippen LogP contribution in [0.25, 0.3) is 0 Å². The number of aliphatic hydroxyl groups excluding tert-OH is 1. The van der Waals surface area contributed by atoms with E-state index >= 15 is 0 Å². The molecule has 0 amide bonds. The zero-order chi connectivity index (χ0) is 11.1. The van der Waals surface area contributed by atoms with Gasteiger partial charge in [-0.2, -0.15) is 12.6 Å². The highest BCUT2D eigenvalue weighted by molar-refractivity contribution is 7.81. The minimum absolute atomic E-state index is 0.559. The second-order valence-corrected chi connectivity index (χ2v) is 4.01. The molecule has 0 aliphatic heterocycles. The van der Waals surface area contributed by atoms with Gasteiger partial charge in [0.05, 0.1) is 11.4 Å². The number of nitrogens with two attached hydrogens (primary N) is 1. The van der Waals surface area contributed by atoms with Gasteiger partial charge < -0.3 is 15.9 Å². The number of aliphatic carboxylic acids is 1. The number of hydrogen-bond acceptors (Lipinski definition) is 4. The Kier molecular flexibility index (Phi) is 6.96. The van der Waals surface area contributed by atoms with Crippen molar-refractivity contribution in [3.8, 4) is 0 Å². The van der Waals surface area contributed by atoms with E-state index in [1.807, 2.05) is 0 Å². The van der Waals surface area contributed by atoms with Gasteiger partial charge in [-0.15, -0.1) is 0 Å². The Morgan fingerprint density at radius 1 is 1.50 bits per heavy atom. The summed E-state index contributed by atoms with van der Waals surface area (Å²) in [5, 5.41) is 17.4. The molecule has 2 unspecified atom stereocenters. The van der Waals surface area contributed by atoms with Crippen LogP contribution in [0.15, 0.2) is 0 Å². The number of carboxylic acid groups (broad SMARTS) is 1. The molecule has 14 heavy (non-hydrogen) atoms. The Morgan fingerprint density at radius 2 is 2.07 bits per heavy atom. The molecule has 0 aromatic carbocycles. The minimum Gasteiger partial charge on any atom is -0.480 e. The van der Waals surface area contributed by atoms with Crippen LogP contribution in [0, 0.1) is 0 Å². The third-order valence-corrected chi connectivity index (χ3v) is 2.82. The zero-order valence-electron chi connectivity index (χ0n) is 8.39. The molecule has 0 aliphatic carbocycles. The average molecular weight is 221 g/mol.